The molecule has 1 aliphatic heterocycles. The fourth-order valence-corrected chi connectivity index (χ4v) is 5.30. The van der Waals surface area contributed by atoms with Crippen LogP contribution in [0.2, 0.25) is 18.1 Å². The lowest BCUT2D eigenvalue weighted by Crippen LogP contribution is -2.46. The van der Waals surface area contributed by atoms with Crippen molar-refractivity contribution in [1.82, 2.24) is 19.5 Å². The fourth-order valence-electron chi connectivity index (χ4n) is 3.94. The minimum absolute atomic E-state index is 0.00399. The van der Waals surface area contributed by atoms with Crippen molar-refractivity contribution in [2.45, 2.75) is 70.2 Å². The van der Waals surface area contributed by atoms with Crippen LogP contribution < -0.4 is 4.74 Å². The first kappa shape index (κ1) is 27.0. The molecule has 0 bridgehead atoms. The average Bonchev–Trinajstić information content (AvgIpc) is 3.42. The summed E-state index contributed by atoms with van der Waals surface area (Å²) in [5, 5.41) is 20.7. The number of non-ortho nitro benzene ring substituents is 1. The Hall–Kier alpha value is -3.00. The Morgan fingerprint density at radius 2 is 1.97 bits per heavy atom. The summed E-state index contributed by atoms with van der Waals surface area (Å²) in [6, 6.07) is 6.12. The molecule has 3 aromatic rings. The molecule has 3 heterocycles. The van der Waals surface area contributed by atoms with Crippen LogP contribution in [0.3, 0.4) is 0 Å². The Bertz CT molecular complexity index is 1260. The Morgan fingerprint density at radius 1 is 1.27 bits per heavy atom. The number of imidazole rings is 1. The number of hydrogen-bond acceptors (Lipinski definition) is 9. The van der Waals surface area contributed by atoms with E-state index in [0.717, 1.165) is 5.56 Å². The molecule has 0 amide bonds. The minimum Gasteiger partial charge on any atom is -0.476 e. The SMILES string of the molecule is CC(C)(C)[Si](C)(C)O[C@H]1C[C@H](n2cnc3c(OCCc4ccc([N+](=O)[O-])cc4)nc(F)nc32)O[C@@H]1CO. The highest BCUT2D eigenvalue weighted by Gasteiger charge is 2.45. The number of nitro groups is 1. The van der Waals surface area contributed by atoms with Gasteiger partial charge in [0, 0.05) is 25.0 Å². The molecule has 200 valence electrons. The maximum atomic E-state index is 14.4. The number of hydrogen-bond donors (Lipinski definition) is 1. The minimum atomic E-state index is -2.12. The normalized spacial score (nSPS) is 20.5. The summed E-state index contributed by atoms with van der Waals surface area (Å²) in [5.74, 6) is -0.00561. The van der Waals surface area contributed by atoms with E-state index in [4.69, 9.17) is 13.9 Å². The Kier molecular flexibility index (Phi) is 7.60. The summed E-state index contributed by atoms with van der Waals surface area (Å²) in [4.78, 5) is 22.4. The van der Waals surface area contributed by atoms with Crippen LogP contribution in [0.4, 0.5) is 10.1 Å². The molecule has 0 radical (unpaired) electrons. The second-order valence-electron chi connectivity index (χ2n) is 10.6. The molecular weight excluding hydrogens is 501 g/mol. The van der Waals surface area contributed by atoms with E-state index in [-0.39, 0.29) is 47.1 Å². The van der Waals surface area contributed by atoms with Crippen molar-refractivity contribution in [2.75, 3.05) is 13.2 Å². The van der Waals surface area contributed by atoms with E-state index in [1.54, 1.807) is 16.7 Å². The highest BCUT2D eigenvalue weighted by atomic mass is 28.4. The summed E-state index contributed by atoms with van der Waals surface area (Å²) in [6.45, 7) is 10.7. The van der Waals surface area contributed by atoms with Gasteiger partial charge in [0.1, 0.15) is 12.3 Å². The zero-order chi connectivity index (χ0) is 27.0. The van der Waals surface area contributed by atoms with Crippen LogP contribution in [0.25, 0.3) is 11.2 Å². The molecule has 2 aromatic heterocycles. The summed E-state index contributed by atoms with van der Waals surface area (Å²) in [7, 11) is -2.12. The van der Waals surface area contributed by atoms with E-state index in [9.17, 15) is 19.6 Å². The molecule has 0 spiro atoms. The van der Waals surface area contributed by atoms with Crippen molar-refractivity contribution in [3.05, 3.63) is 52.3 Å². The van der Waals surface area contributed by atoms with Crippen LogP contribution in [-0.2, 0) is 15.6 Å². The van der Waals surface area contributed by atoms with Gasteiger partial charge in [0.05, 0.1) is 30.6 Å². The van der Waals surface area contributed by atoms with E-state index in [2.05, 4.69) is 48.8 Å². The maximum Gasteiger partial charge on any atom is 0.314 e. The first-order valence-corrected chi connectivity index (χ1v) is 15.0. The lowest BCUT2D eigenvalue weighted by Gasteiger charge is -2.39. The number of nitrogens with zero attached hydrogens (tertiary/aromatic N) is 5. The predicted octanol–water partition coefficient (Wildman–Crippen LogP) is 4.17. The van der Waals surface area contributed by atoms with Gasteiger partial charge in [-0.05, 0) is 23.7 Å². The summed E-state index contributed by atoms with van der Waals surface area (Å²) in [6.07, 6.45) is 0.00558. The van der Waals surface area contributed by atoms with Crippen molar-refractivity contribution < 1.29 is 28.3 Å². The molecule has 1 fully saturated rings. The largest absolute Gasteiger partial charge is 0.476 e. The lowest BCUT2D eigenvalue weighted by atomic mass is 10.1. The third kappa shape index (κ3) is 5.79. The van der Waals surface area contributed by atoms with E-state index in [0.29, 0.717) is 12.8 Å². The number of halogens is 1. The van der Waals surface area contributed by atoms with Crippen LogP contribution in [0.5, 0.6) is 5.88 Å². The van der Waals surface area contributed by atoms with Crippen LogP contribution in [-0.4, -0.2) is 63.3 Å². The molecule has 1 aliphatic rings. The topological polar surface area (TPSA) is 135 Å². The fraction of sp³-hybridized carbons (Fsp3) is 0.542. The quantitative estimate of drug-likeness (QED) is 0.186. The molecule has 1 N–H and O–H groups in total. The van der Waals surface area contributed by atoms with Crippen molar-refractivity contribution in [3.63, 3.8) is 0 Å². The summed E-state index contributed by atoms with van der Waals surface area (Å²) < 4.78 is 34.3. The van der Waals surface area contributed by atoms with E-state index in [1.165, 1.54) is 18.5 Å². The third-order valence-electron chi connectivity index (χ3n) is 7.06. The van der Waals surface area contributed by atoms with Crippen LogP contribution in [0.15, 0.2) is 30.6 Å². The van der Waals surface area contributed by atoms with Crippen molar-refractivity contribution in [3.8, 4) is 5.88 Å². The Morgan fingerprint density at radius 3 is 2.59 bits per heavy atom. The van der Waals surface area contributed by atoms with Gasteiger partial charge in [0.25, 0.3) is 5.69 Å². The van der Waals surface area contributed by atoms with Gasteiger partial charge < -0.3 is 19.0 Å². The zero-order valence-corrected chi connectivity index (χ0v) is 22.5. The molecule has 0 aliphatic carbocycles. The van der Waals surface area contributed by atoms with Gasteiger partial charge in [-0.15, -0.1) is 0 Å². The van der Waals surface area contributed by atoms with Crippen LogP contribution >= 0.6 is 0 Å². The standard InChI is InChI=1S/C24H32FN5O6Si/c1-24(2,3)37(4,5)36-17-12-19(35-18(17)13-31)29-14-26-20-21(29)27-23(25)28-22(20)34-11-10-15-6-8-16(9-7-15)30(32)33/h6-9,14,17-19,31H,10-13H2,1-5H3/t17-,18+,19+/m0/s1. The number of fused-ring (bicyclic) bond motifs is 1. The van der Waals surface area contributed by atoms with Gasteiger partial charge in [-0.1, -0.05) is 32.9 Å². The van der Waals surface area contributed by atoms with Gasteiger partial charge in [0.2, 0.25) is 5.88 Å². The molecule has 3 atom stereocenters. The van der Waals surface area contributed by atoms with Crippen molar-refractivity contribution >= 4 is 25.2 Å². The van der Waals surface area contributed by atoms with Crippen LogP contribution in [0.1, 0.15) is 39.0 Å². The molecular formula is C24H32FN5O6Si. The number of nitro benzene ring substituents is 1. The number of aromatic nitrogens is 4. The number of rotatable bonds is 9. The summed E-state index contributed by atoms with van der Waals surface area (Å²) >= 11 is 0. The van der Waals surface area contributed by atoms with E-state index in [1.807, 2.05) is 0 Å². The first-order valence-electron chi connectivity index (χ1n) is 12.1. The first-order chi connectivity index (χ1) is 17.4. The van der Waals surface area contributed by atoms with Gasteiger partial charge in [0.15, 0.2) is 19.5 Å². The van der Waals surface area contributed by atoms with Crippen LogP contribution in [0, 0.1) is 16.2 Å². The zero-order valence-electron chi connectivity index (χ0n) is 21.5. The third-order valence-corrected chi connectivity index (χ3v) is 11.6. The smallest absolute Gasteiger partial charge is 0.314 e. The van der Waals surface area contributed by atoms with Crippen molar-refractivity contribution in [1.29, 1.82) is 0 Å². The van der Waals surface area contributed by atoms with Gasteiger partial charge >= 0.3 is 6.08 Å². The van der Waals surface area contributed by atoms with Crippen molar-refractivity contribution in [2.24, 2.45) is 0 Å². The average molecular weight is 534 g/mol. The molecule has 4 rings (SSSR count). The number of aliphatic hydroxyl groups is 1. The molecule has 1 aromatic carbocycles. The number of aliphatic hydroxyl groups excluding tert-OH is 1. The molecule has 0 saturated carbocycles. The maximum absolute atomic E-state index is 14.4. The van der Waals surface area contributed by atoms with Gasteiger partial charge in [-0.2, -0.15) is 14.4 Å². The molecule has 1 saturated heterocycles. The number of benzene rings is 1. The molecule has 11 nitrogen and oxygen atoms in total. The second-order valence-corrected chi connectivity index (χ2v) is 15.4. The highest BCUT2D eigenvalue weighted by molar-refractivity contribution is 6.74. The number of ether oxygens (including phenoxy) is 2. The monoisotopic (exact) mass is 533 g/mol. The van der Waals surface area contributed by atoms with Gasteiger partial charge in [-0.25, -0.2) is 4.98 Å². The van der Waals surface area contributed by atoms with E-state index >= 15 is 0 Å². The molecule has 0 unspecified atom stereocenters. The lowest BCUT2D eigenvalue weighted by molar-refractivity contribution is -0.384. The second kappa shape index (κ2) is 10.4. The van der Waals surface area contributed by atoms with E-state index < -0.39 is 31.7 Å². The van der Waals surface area contributed by atoms with Gasteiger partial charge in [-0.3, -0.25) is 14.7 Å². The predicted molar refractivity (Wildman–Crippen MR) is 135 cm³/mol. The molecule has 13 heteroatoms. The Labute approximate surface area is 214 Å². The molecule has 37 heavy (non-hydrogen) atoms. The summed E-state index contributed by atoms with van der Waals surface area (Å²) in [5.41, 5.74) is 1.32. The Balaban J connectivity index is 1.50. The highest BCUT2D eigenvalue weighted by Crippen LogP contribution is 2.41.